The number of halogens is 4. The second-order valence-electron chi connectivity index (χ2n) is 8.36. The van der Waals surface area contributed by atoms with Crippen LogP contribution in [0.15, 0.2) is 52.2 Å². The fraction of sp³-hybridized carbons (Fsp3) is 0.273. The molecule has 0 radical (unpaired) electrons. The normalized spacial score (nSPS) is 12.9. The third-order valence-corrected chi connectivity index (χ3v) is 5.00. The van der Waals surface area contributed by atoms with Gasteiger partial charge >= 0.3 is 6.18 Å². The van der Waals surface area contributed by atoms with Crippen molar-refractivity contribution in [3.05, 3.63) is 79.3 Å². The molecular formula is C22H20ClF3N4O3. The molecule has 0 aliphatic rings. The van der Waals surface area contributed by atoms with Gasteiger partial charge in [-0.05, 0) is 30.3 Å². The zero-order chi connectivity index (χ0) is 24.6. The monoisotopic (exact) mass is 480 g/mol. The van der Waals surface area contributed by atoms with Gasteiger partial charge in [0.2, 0.25) is 0 Å². The lowest BCUT2D eigenvalue weighted by atomic mass is 9.91. The molecule has 0 aliphatic carbocycles. The zero-order valence-electron chi connectivity index (χ0n) is 17.8. The molecule has 2 aromatic carbocycles. The Balaban J connectivity index is 1.89. The minimum absolute atomic E-state index is 0.233. The second-order valence-corrected chi connectivity index (χ2v) is 8.79. The number of benzene rings is 1. The summed E-state index contributed by atoms with van der Waals surface area (Å²) >= 11 is 5.93. The summed E-state index contributed by atoms with van der Waals surface area (Å²) in [6, 6.07) is 8.57. The lowest BCUT2D eigenvalue weighted by molar-refractivity contribution is -0.140. The highest BCUT2D eigenvalue weighted by atomic mass is 35.5. The zero-order valence-corrected chi connectivity index (χ0v) is 18.6. The van der Waals surface area contributed by atoms with E-state index < -0.39 is 45.9 Å². The molecule has 33 heavy (non-hydrogen) atoms. The van der Waals surface area contributed by atoms with Gasteiger partial charge in [0.1, 0.15) is 17.5 Å². The summed E-state index contributed by atoms with van der Waals surface area (Å²) in [7, 11) is 0. The van der Waals surface area contributed by atoms with Crippen molar-refractivity contribution in [2.24, 2.45) is 5.41 Å². The summed E-state index contributed by atoms with van der Waals surface area (Å²) in [5.41, 5.74) is -4.57. The Morgan fingerprint density at radius 2 is 1.70 bits per heavy atom. The Hall–Kier alpha value is -3.40. The molecular weight excluding hydrogens is 461 g/mol. The number of carbonyl (C=O) groups is 1. The maximum Gasteiger partial charge on any atom is 0.435 e. The summed E-state index contributed by atoms with van der Waals surface area (Å²) in [6.07, 6.45) is -4.66. The van der Waals surface area contributed by atoms with Gasteiger partial charge in [-0.25, -0.2) is 4.98 Å². The average molecular weight is 481 g/mol. The number of anilines is 3. The SMILES string of the molecule is CC(C)(C)C(NC(=O)c1cccc(Cl)c1)Nc1c(Nc2cccnc2C(F)(F)F)c(=O)c1=O. The van der Waals surface area contributed by atoms with E-state index in [4.69, 9.17) is 11.6 Å². The van der Waals surface area contributed by atoms with E-state index in [1.807, 2.05) is 0 Å². The number of aromatic nitrogens is 1. The lowest BCUT2D eigenvalue weighted by Crippen LogP contribution is -2.51. The van der Waals surface area contributed by atoms with Crippen LogP contribution in [-0.2, 0) is 6.18 Å². The van der Waals surface area contributed by atoms with Crippen molar-refractivity contribution >= 4 is 34.6 Å². The first-order valence-electron chi connectivity index (χ1n) is 9.74. The summed E-state index contributed by atoms with van der Waals surface area (Å²) in [4.78, 5) is 40.4. The van der Waals surface area contributed by atoms with E-state index in [1.165, 1.54) is 12.1 Å². The quantitative estimate of drug-likeness (QED) is 0.359. The molecule has 3 aromatic rings. The first kappa shape index (κ1) is 24.2. The second kappa shape index (κ2) is 8.86. The predicted molar refractivity (Wildman–Crippen MR) is 120 cm³/mol. The van der Waals surface area contributed by atoms with E-state index in [-0.39, 0.29) is 16.9 Å². The summed E-state index contributed by atoms with van der Waals surface area (Å²) in [5.74, 6) is -0.496. The number of rotatable bonds is 6. The molecule has 1 atom stereocenters. The Labute approximate surface area is 191 Å². The van der Waals surface area contributed by atoms with Gasteiger partial charge < -0.3 is 16.0 Å². The molecule has 11 heteroatoms. The molecule has 1 amide bonds. The van der Waals surface area contributed by atoms with Crippen LogP contribution in [0.5, 0.6) is 0 Å². The van der Waals surface area contributed by atoms with Gasteiger partial charge in [-0.1, -0.05) is 38.4 Å². The first-order valence-corrected chi connectivity index (χ1v) is 10.1. The summed E-state index contributed by atoms with van der Waals surface area (Å²) in [5, 5.41) is 8.25. The molecule has 1 aromatic heterocycles. The predicted octanol–water partition coefficient (Wildman–Crippen LogP) is 4.31. The van der Waals surface area contributed by atoms with Crippen LogP contribution in [0.25, 0.3) is 0 Å². The number of alkyl halides is 3. The highest BCUT2D eigenvalue weighted by Crippen LogP contribution is 2.35. The van der Waals surface area contributed by atoms with Crippen LogP contribution >= 0.6 is 11.6 Å². The Bertz CT molecular complexity index is 1260. The molecule has 174 valence electrons. The molecule has 3 rings (SSSR count). The number of carbonyl (C=O) groups excluding carboxylic acids is 1. The van der Waals surface area contributed by atoms with Crippen molar-refractivity contribution < 1.29 is 18.0 Å². The van der Waals surface area contributed by atoms with Gasteiger partial charge in [0.15, 0.2) is 5.69 Å². The molecule has 7 nitrogen and oxygen atoms in total. The molecule has 0 spiro atoms. The molecule has 0 fully saturated rings. The first-order chi connectivity index (χ1) is 15.3. The fourth-order valence-electron chi connectivity index (χ4n) is 2.97. The third kappa shape index (κ3) is 5.33. The summed E-state index contributed by atoms with van der Waals surface area (Å²) in [6.45, 7) is 5.30. The molecule has 1 unspecified atom stereocenters. The van der Waals surface area contributed by atoms with Crippen LogP contribution in [0.3, 0.4) is 0 Å². The van der Waals surface area contributed by atoms with Crippen molar-refractivity contribution in [1.82, 2.24) is 10.3 Å². The van der Waals surface area contributed by atoms with Gasteiger partial charge in [-0.3, -0.25) is 14.4 Å². The maximum absolute atomic E-state index is 13.2. The minimum atomic E-state index is -4.77. The van der Waals surface area contributed by atoms with E-state index in [1.54, 1.807) is 39.0 Å². The third-order valence-electron chi connectivity index (χ3n) is 4.76. The van der Waals surface area contributed by atoms with Crippen LogP contribution in [0.2, 0.25) is 5.02 Å². The maximum atomic E-state index is 13.2. The number of pyridine rings is 1. The van der Waals surface area contributed by atoms with Gasteiger partial charge in [0, 0.05) is 22.2 Å². The fourth-order valence-corrected chi connectivity index (χ4v) is 3.16. The highest BCUT2D eigenvalue weighted by molar-refractivity contribution is 6.30. The van der Waals surface area contributed by atoms with Crippen molar-refractivity contribution in [2.45, 2.75) is 33.1 Å². The molecule has 1 heterocycles. The van der Waals surface area contributed by atoms with Gasteiger partial charge in [-0.2, -0.15) is 13.2 Å². The topological polar surface area (TPSA) is 100 Å². The van der Waals surface area contributed by atoms with Crippen molar-refractivity contribution in [1.29, 1.82) is 0 Å². The molecule has 0 aliphatic heterocycles. The van der Waals surface area contributed by atoms with Gasteiger partial charge in [0.05, 0.1) is 5.69 Å². The van der Waals surface area contributed by atoms with Crippen molar-refractivity contribution in [3.8, 4) is 0 Å². The standard InChI is InChI=1S/C22H20ClF3N4O3/c1-21(2,3)20(30-19(33)11-6-4-7-12(23)10-11)29-15-14(16(31)17(15)32)28-13-8-5-9-27-18(13)22(24,25)26/h4-10,20,28-29H,1-3H3,(H,30,33). The van der Waals surface area contributed by atoms with Crippen LogP contribution in [0, 0.1) is 5.41 Å². The molecule has 0 saturated carbocycles. The molecule has 0 bridgehead atoms. The van der Waals surface area contributed by atoms with Gasteiger partial charge in [-0.15, -0.1) is 0 Å². The van der Waals surface area contributed by atoms with Crippen molar-refractivity contribution in [3.63, 3.8) is 0 Å². The van der Waals surface area contributed by atoms with Crippen LogP contribution < -0.4 is 26.8 Å². The Kier molecular flexibility index (Phi) is 6.51. The van der Waals surface area contributed by atoms with E-state index in [2.05, 4.69) is 20.9 Å². The number of hydrogen-bond donors (Lipinski definition) is 3. The van der Waals surface area contributed by atoms with E-state index in [0.717, 1.165) is 12.3 Å². The largest absolute Gasteiger partial charge is 0.435 e. The highest BCUT2D eigenvalue weighted by Gasteiger charge is 2.37. The van der Waals surface area contributed by atoms with Crippen molar-refractivity contribution in [2.75, 3.05) is 10.6 Å². The van der Waals surface area contributed by atoms with E-state index >= 15 is 0 Å². The lowest BCUT2D eigenvalue weighted by Gasteiger charge is -2.33. The number of nitrogens with one attached hydrogen (secondary N) is 3. The molecule has 3 N–H and O–H groups in total. The Morgan fingerprint density at radius 1 is 1.03 bits per heavy atom. The number of amides is 1. The molecule has 0 saturated heterocycles. The van der Waals surface area contributed by atoms with Crippen LogP contribution in [-0.4, -0.2) is 17.1 Å². The van der Waals surface area contributed by atoms with Gasteiger partial charge in [0.25, 0.3) is 16.8 Å². The van der Waals surface area contributed by atoms with E-state index in [0.29, 0.717) is 5.02 Å². The smallest absolute Gasteiger partial charge is 0.360 e. The number of nitrogens with zero attached hydrogens (tertiary/aromatic N) is 1. The minimum Gasteiger partial charge on any atom is -0.360 e. The van der Waals surface area contributed by atoms with Crippen LogP contribution in [0.4, 0.5) is 30.2 Å². The van der Waals surface area contributed by atoms with Crippen LogP contribution in [0.1, 0.15) is 36.8 Å². The Morgan fingerprint density at radius 3 is 2.30 bits per heavy atom. The average Bonchev–Trinajstić information content (AvgIpc) is 2.73. The van der Waals surface area contributed by atoms with E-state index in [9.17, 15) is 27.6 Å². The summed E-state index contributed by atoms with van der Waals surface area (Å²) < 4.78 is 39.7. The number of hydrogen-bond acceptors (Lipinski definition) is 6.